The first-order valence-corrected chi connectivity index (χ1v) is 9.82. The average molecular weight is 466 g/mol. The molecule has 0 amide bonds. The number of phenolic OH excluding ortho intramolecular Hbond substituents is 1. The number of nitrogens with one attached hydrogen (secondary N) is 1. The Bertz CT molecular complexity index is 1000. The molecule has 168 valence electrons. The Kier molecular flexibility index (Phi) is 7.86. The predicted octanol–water partition coefficient (Wildman–Crippen LogP) is 3.31. The Hall–Kier alpha value is -2.42. The smallest absolute Gasteiger partial charge is 0.245 e. The van der Waals surface area contributed by atoms with Crippen LogP contribution in [0.5, 0.6) is 5.75 Å². The maximum atomic E-state index is 10.5. The van der Waals surface area contributed by atoms with Gasteiger partial charge in [-0.1, -0.05) is 26.8 Å². The van der Waals surface area contributed by atoms with Gasteiger partial charge in [-0.15, -0.1) is 35.0 Å². The minimum atomic E-state index is 0. The largest absolute Gasteiger partial charge is 0.507 e. The number of aryl methyl sites for hydroxylation is 1. The molecular weight excluding hydrogens is 437 g/mol. The van der Waals surface area contributed by atoms with Gasteiger partial charge in [0.05, 0.1) is 12.4 Å². The maximum Gasteiger partial charge on any atom is 0.245 e. The van der Waals surface area contributed by atoms with Gasteiger partial charge in [-0.25, -0.2) is 4.98 Å². The summed E-state index contributed by atoms with van der Waals surface area (Å²) in [7, 11) is 1.86. The molecule has 1 aliphatic rings. The zero-order valence-electron chi connectivity index (χ0n) is 18.1. The van der Waals surface area contributed by atoms with Gasteiger partial charge in [0.2, 0.25) is 5.95 Å². The number of aromatic hydroxyl groups is 1. The normalized spacial score (nSPS) is 16.4. The lowest BCUT2D eigenvalue weighted by molar-refractivity contribution is 0.252. The third-order valence-corrected chi connectivity index (χ3v) is 5.37. The molecule has 1 saturated heterocycles. The standard InChI is InChI=1S/C21H27N7O.2ClH/c1-21(2,3)19-13-28(8-7-22-19)20-23-11-17(25-26-20)16-6-5-14(9-18(16)29)15-10-24-27(4)12-15;;/h5-6,9-12,19,22,29H,7-8,13H2,1-4H3;2*1H/t19-;;/m1../s1. The number of piperazine rings is 1. The number of anilines is 1. The van der Waals surface area contributed by atoms with Crippen LogP contribution in [-0.2, 0) is 7.05 Å². The summed E-state index contributed by atoms with van der Waals surface area (Å²) in [4.78, 5) is 6.68. The van der Waals surface area contributed by atoms with Gasteiger partial charge in [0.25, 0.3) is 0 Å². The molecule has 1 fully saturated rings. The van der Waals surface area contributed by atoms with E-state index in [0.717, 1.165) is 30.8 Å². The molecule has 0 aliphatic carbocycles. The fourth-order valence-corrected chi connectivity index (χ4v) is 3.55. The second-order valence-electron chi connectivity index (χ2n) is 8.60. The van der Waals surface area contributed by atoms with Gasteiger partial charge in [-0.05, 0) is 23.1 Å². The molecule has 1 aliphatic heterocycles. The molecule has 2 aromatic heterocycles. The van der Waals surface area contributed by atoms with E-state index in [0.29, 0.717) is 23.2 Å². The van der Waals surface area contributed by atoms with Crippen molar-refractivity contribution in [2.75, 3.05) is 24.5 Å². The van der Waals surface area contributed by atoms with Crippen LogP contribution in [0, 0.1) is 5.41 Å². The lowest BCUT2D eigenvalue weighted by Gasteiger charge is -2.40. The number of phenols is 1. The fraction of sp³-hybridized carbons (Fsp3) is 0.429. The minimum absolute atomic E-state index is 0. The molecule has 0 unspecified atom stereocenters. The predicted molar refractivity (Wildman–Crippen MR) is 127 cm³/mol. The Morgan fingerprint density at radius 1 is 1.10 bits per heavy atom. The number of nitrogens with zero attached hydrogens (tertiary/aromatic N) is 6. The highest BCUT2D eigenvalue weighted by Crippen LogP contribution is 2.32. The fourth-order valence-electron chi connectivity index (χ4n) is 3.55. The van der Waals surface area contributed by atoms with E-state index < -0.39 is 0 Å². The summed E-state index contributed by atoms with van der Waals surface area (Å²) in [5, 5.41) is 26.9. The maximum absolute atomic E-state index is 10.5. The molecule has 0 saturated carbocycles. The monoisotopic (exact) mass is 465 g/mol. The molecular formula is C21H29Cl2N7O. The lowest BCUT2D eigenvalue weighted by atomic mass is 9.85. The first-order chi connectivity index (χ1) is 13.8. The summed E-state index contributed by atoms with van der Waals surface area (Å²) in [6.07, 6.45) is 5.35. The van der Waals surface area contributed by atoms with Gasteiger partial charge >= 0.3 is 0 Å². The molecule has 4 rings (SSSR count). The quantitative estimate of drug-likeness (QED) is 0.612. The molecule has 1 atom stereocenters. The molecule has 3 aromatic rings. The van der Waals surface area contributed by atoms with E-state index in [9.17, 15) is 5.11 Å². The third-order valence-electron chi connectivity index (χ3n) is 5.37. The number of aromatic nitrogens is 5. The zero-order chi connectivity index (χ0) is 20.6. The van der Waals surface area contributed by atoms with Crippen LogP contribution in [0.4, 0.5) is 5.95 Å². The van der Waals surface area contributed by atoms with Crippen molar-refractivity contribution in [2.45, 2.75) is 26.8 Å². The van der Waals surface area contributed by atoms with Gasteiger partial charge in [0.15, 0.2) is 0 Å². The molecule has 2 N–H and O–H groups in total. The van der Waals surface area contributed by atoms with Crippen LogP contribution >= 0.6 is 24.8 Å². The molecule has 31 heavy (non-hydrogen) atoms. The second-order valence-corrected chi connectivity index (χ2v) is 8.60. The van der Waals surface area contributed by atoms with Crippen molar-refractivity contribution in [3.05, 3.63) is 36.8 Å². The summed E-state index contributed by atoms with van der Waals surface area (Å²) in [5.74, 6) is 0.765. The summed E-state index contributed by atoms with van der Waals surface area (Å²) in [5.41, 5.74) is 3.16. The third kappa shape index (κ3) is 5.44. The molecule has 0 spiro atoms. The number of benzene rings is 1. The number of rotatable bonds is 3. The van der Waals surface area contributed by atoms with Crippen molar-refractivity contribution in [2.24, 2.45) is 12.5 Å². The van der Waals surface area contributed by atoms with Crippen LogP contribution in [0.3, 0.4) is 0 Å². The van der Waals surface area contributed by atoms with Crippen molar-refractivity contribution in [3.8, 4) is 28.1 Å². The number of hydrogen-bond donors (Lipinski definition) is 2. The van der Waals surface area contributed by atoms with E-state index in [1.807, 2.05) is 25.4 Å². The molecule has 10 heteroatoms. The van der Waals surface area contributed by atoms with Crippen LogP contribution < -0.4 is 10.2 Å². The van der Waals surface area contributed by atoms with Crippen LogP contribution in [0.1, 0.15) is 20.8 Å². The van der Waals surface area contributed by atoms with Crippen LogP contribution in [0.25, 0.3) is 22.4 Å². The summed E-state index contributed by atoms with van der Waals surface area (Å²) < 4.78 is 1.73. The van der Waals surface area contributed by atoms with Gasteiger partial charge in [0, 0.05) is 50.0 Å². The number of hydrogen-bond acceptors (Lipinski definition) is 7. The molecule has 0 radical (unpaired) electrons. The van der Waals surface area contributed by atoms with E-state index in [1.54, 1.807) is 23.1 Å². The van der Waals surface area contributed by atoms with Gasteiger partial charge < -0.3 is 15.3 Å². The highest BCUT2D eigenvalue weighted by Gasteiger charge is 2.30. The summed E-state index contributed by atoms with van der Waals surface area (Å²) in [6.45, 7) is 9.27. The van der Waals surface area contributed by atoms with Gasteiger partial charge in [-0.3, -0.25) is 4.68 Å². The summed E-state index contributed by atoms with van der Waals surface area (Å²) in [6, 6.07) is 5.85. The highest BCUT2D eigenvalue weighted by atomic mass is 35.5. The van der Waals surface area contributed by atoms with E-state index in [4.69, 9.17) is 0 Å². The lowest BCUT2D eigenvalue weighted by Crippen LogP contribution is -2.56. The Labute approximate surface area is 194 Å². The molecule has 8 nitrogen and oxygen atoms in total. The van der Waals surface area contributed by atoms with Crippen LogP contribution in [0.15, 0.2) is 36.8 Å². The van der Waals surface area contributed by atoms with Crippen molar-refractivity contribution in [1.29, 1.82) is 0 Å². The summed E-state index contributed by atoms with van der Waals surface area (Å²) >= 11 is 0. The van der Waals surface area contributed by atoms with E-state index >= 15 is 0 Å². The molecule has 1 aromatic carbocycles. The van der Waals surface area contributed by atoms with Gasteiger partial charge in [-0.2, -0.15) is 5.10 Å². The van der Waals surface area contributed by atoms with E-state index in [1.165, 1.54) is 0 Å². The van der Waals surface area contributed by atoms with Crippen LogP contribution in [-0.4, -0.2) is 55.7 Å². The molecule has 0 bridgehead atoms. The average Bonchev–Trinajstić information content (AvgIpc) is 3.14. The minimum Gasteiger partial charge on any atom is -0.507 e. The number of halogens is 2. The van der Waals surface area contributed by atoms with Crippen molar-refractivity contribution >= 4 is 30.8 Å². The second kappa shape index (κ2) is 9.80. The van der Waals surface area contributed by atoms with Crippen LogP contribution in [0.2, 0.25) is 0 Å². The Balaban J connectivity index is 0.00000171. The highest BCUT2D eigenvalue weighted by molar-refractivity contribution is 5.85. The van der Waals surface area contributed by atoms with Crippen molar-refractivity contribution in [3.63, 3.8) is 0 Å². The first-order valence-electron chi connectivity index (χ1n) is 9.82. The topological polar surface area (TPSA) is 92.0 Å². The Morgan fingerprint density at radius 3 is 2.45 bits per heavy atom. The van der Waals surface area contributed by atoms with Crippen molar-refractivity contribution in [1.82, 2.24) is 30.3 Å². The zero-order valence-corrected chi connectivity index (χ0v) is 19.7. The van der Waals surface area contributed by atoms with E-state index in [2.05, 4.69) is 51.3 Å². The van der Waals surface area contributed by atoms with Gasteiger partial charge in [0.1, 0.15) is 11.4 Å². The molecule has 3 heterocycles. The van der Waals surface area contributed by atoms with Crippen molar-refractivity contribution < 1.29 is 5.11 Å². The van der Waals surface area contributed by atoms with E-state index in [-0.39, 0.29) is 36.0 Å². The SMILES string of the molecule is Cl.Cl.Cn1cc(-c2ccc(-c3cnc(N4CCN[C@@H](C(C)(C)C)C4)nn3)c(O)c2)cn1. The first kappa shape index (κ1) is 24.8. The Morgan fingerprint density at radius 2 is 1.87 bits per heavy atom.